The summed E-state index contributed by atoms with van der Waals surface area (Å²) in [4.78, 5) is 22.8. The highest BCUT2D eigenvalue weighted by Crippen LogP contribution is 2.28. The molecule has 1 aliphatic heterocycles. The van der Waals surface area contributed by atoms with Crippen LogP contribution in [-0.2, 0) is 0 Å². The molecule has 6 nitrogen and oxygen atoms in total. The van der Waals surface area contributed by atoms with Crippen LogP contribution >= 0.6 is 0 Å². The second-order valence-corrected chi connectivity index (χ2v) is 7.26. The van der Waals surface area contributed by atoms with E-state index in [-0.39, 0.29) is 5.91 Å². The number of likely N-dealkylation sites (tertiary alicyclic amines) is 1. The number of hydrogen-bond donors (Lipinski definition) is 1. The van der Waals surface area contributed by atoms with Crippen LogP contribution in [0.25, 0.3) is 16.6 Å². The summed E-state index contributed by atoms with van der Waals surface area (Å²) in [5.41, 5.74) is 4.77. The van der Waals surface area contributed by atoms with E-state index >= 15 is 0 Å². The summed E-state index contributed by atoms with van der Waals surface area (Å²) in [5.74, 6) is 0.468. The molecule has 136 valence electrons. The first kappa shape index (κ1) is 16.1. The number of hydrogen-bond acceptors (Lipinski definition) is 3. The summed E-state index contributed by atoms with van der Waals surface area (Å²) in [6, 6.07) is 14.0. The van der Waals surface area contributed by atoms with E-state index in [0.717, 1.165) is 53.9 Å². The predicted octanol–water partition coefficient (Wildman–Crippen LogP) is 3.54. The van der Waals surface area contributed by atoms with Crippen LogP contribution in [0.4, 0.5) is 0 Å². The summed E-state index contributed by atoms with van der Waals surface area (Å²) in [6.07, 6.45) is 3.64. The number of aromatic amines is 1. The molecular weight excluding hydrogens is 338 g/mol. The molecule has 0 atom stereocenters. The van der Waals surface area contributed by atoms with Gasteiger partial charge in [0.15, 0.2) is 5.65 Å². The average molecular weight is 359 g/mol. The third-order valence-corrected chi connectivity index (χ3v) is 5.52. The molecule has 1 aromatic carbocycles. The Bertz CT molecular complexity index is 1100. The number of aromatic nitrogens is 4. The maximum absolute atomic E-state index is 12.9. The number of nitrogens with zero attached hydrogens (tertiary/aromatic N) is 4. The minimum atomic E-state index is 0.0834. The Hall–Kier alpha value is -3.15. The molecule has 0 unspecified atom stereocenters. The summed E-state index contributed by atoms with van der Waals surface area (Å²) in [5, 5.41) is 5.36. The van der Waals surface area contributed by atoms with E-state index < -0.39 is 0 Å². The van der Waals surface area contributed by atoms with E-state index in [4.69, 9.17) is 4.98 Å². The lowest BCUT2D eigenvalue weighted by molar-refractivity contribution is 0.0707. The molecule has 27 heavy (non-hydrogen) atoms. The Morgan fingerprint density at radius 3 is 2.78 bits per heavy atom. The van der Waals surface area contributed by atoms with Crippen molar-refractivity contribution in [2.45, 2.75) is 25.7 Å². The topological polar surface area (TPSA) is 66.3 Å². The molecule has 0 spiro atoms. The monoisotopic (exact) mass is 359 g/mol. The molecule has 0 aliphatic carbocycles. The lowest BCUT2D eigenvalue weighted by Gasteiger charge is -2.31. The van der Waals surface area contributed by atoms with Crippen molar-refractivity contribution in [3.8, 4) is 0 Å². The molecule has 0 radical (unpaired) electrons. The van der Waals surface area contributed by atoms with Gasteiger partial charge in [0.1, 0.15) is 5.69 Å². The van der Waals surface area contributed by atoms with Gasteiger partial charge in [-0.3, -0.25) is 4.79 Å². The van der Waals surface area contributed by atoms with Gasteiger partial charge in [-0.2, -0.15) is 5.10 Å². The van der Waals surface area contributed by atoms with Crippen molar-refractivity contribution in [2.24, 2.45) is 0 Å². The van der Waals surface area contributed by atoms with Crippen LogP contribution < -0.4 is 0 Å². The molecule has 1 N–H and O–H groups in total. The van der Waals surface area contributed by atoms with Gasteiger partial charge in [-0.15, -0.1) is 0 Å². The number of aryl methyl sites for hydroxylation is 1. The van der Waals surface area contributed by atoms with Crippen LogP contribution in [0.3, 0.4) is 0 Å². The fraction of sp³-hybridized carbons (Fsp3) is 0.286. The number of piperidine rings is 1. The molecule has 0 saturated carbocycles. The van der Waals surface area contributed by atoms with Crippen LogP contribution in [0.15, 0.2) is 48.7 Å². The third kappa shape index (κ3) is 2.77. The van der Waals surface area contributed by atoms with Gasteiger partial charge in [0.2, 0.25) is 0 Å². The van der Waals surface area contributed by atoms with Gasteiger partial charge in [-0.25, -0.2) is 9.50 Å². The van der Waals surface area contributed by atoms with Crippen LogP contribution in [0, 0.1) is 6.92 Å². The van der Waals surface area contributed by atoms with E-state index in [1.807, 2.05) is 45.8 Å². The molecular formula is C21H21N5O. The lowest BCUT2D eigenvalue weighted by Crippen LogP contribution is -2.38. The Morgan fingerprint density at radius 1 is 1.15 bits per heavy atom. The molecule has 0 bridgehead atoms. The zero-order valence-corrected chi connectivity index (χ0v) is 15.2. The Kier molecular flexibility index (Phi) is 3.70. The number of H-pyrrole nitrogens is 1. The molecule has 3 aromatic heterocycles. The molecule has 6 heteroatoms. The predicted molar refractivity (Wildman–Crippen MR) is 104 cm³/mol. The summed E-state index contributed by atoms with van der Waals surface area (Å²) < 4.78 is 1.86. The van der Waals surface area contributed by atoms with Gasteiger partial charge in [-0.1, -0.05) is 18.2 Å². The van der Waals surface area contributed by atoms with E-state index in [9.17, 15) is 4.79 Å². The van der Waals surface area contributed by atoms with Crippen LogP contribution in [-0.4, -0.2) is 43.5 Å². The number of carbonyl (C=O) groups excluding carboxylic acids is 1. The minimum Gasteiger partial charge on any atom is -0.351 e. The van der Waals surface area contributed by atoms with Gasteiger partial charge in [-0.05, 0) is 38.0 Å². The van der Waals surface area contributed by atoms with Crippen molar-refractivity contribution in [3.05, 3.63) is 65.7 Å². The molecule has 4 aromatic rings. The van der Waals surface area contributed by atoms with Crippen LogP contribution in [0.1, 0.15) is 40.6 Å². The van der Waals surface area contributed by atoms with Crippen molar-refractivity contribution in [3.63, 3.8) is 0 Å². The van der Waals surface area contributed by atoms with Crippen molar-refractivity contribution < 1.29 is 4.79 Å². The average Bonchev–Trinajstić information content (AvgIpc) is 3.34. The first-order chi connectivity index (χ1) is 13.2. The van der Waals surface area contributed by atoms with Crippen molar-refractivity contribution >= 4 is 22.5 Å². The molecule has 1 amide bonds. The van der Waals surface area contributed by atoms with Gasteiger partial charge >= 0.3 is 0 Å². The third-order valence-electron chi connectivity index (χ3n) is 5.52. The van der Waals surface area contributed by atoms with E-state index in [1.165, 1.54) is 0 Å². The van der Waals surface area contributed by atoms with Crippen molar-refractivity contribution in [1.29, 1.82) is 0 Å². The number of carbonyl (C=O) groups is 1. The Morgan fingerprint density at radius 2 is 1.96 bits per heavy atom. The molecule has 1 aliphatic rings. The lowest BCUT2D eigenvalue weighted by atomic mass is 9.92. The summed E-state index contributed by atoms with van der Waals surface area (Å²) in [6.45, 7) is 3.56. The molecule has 5 rings (SSSR count). The second kappa shape index (κ2) is 6.23. The zero-order valence-electron chi connectivity index (χ0n) is 15.2. The second-order valence-electron chi connectivity index (χ2n) is 7.26. The van der Waals surface area contributed by atoms with Crippen molar-refractivity contribution in [1.82, 2.24) is 24.5 Å². The highest BCUT2D eigenvalue weighted by molar-refractivity contribution is 5.98. The number of para-hydroxylation sites is 1. The first-order valence-electron chi connectivity index (χ1n) is 9.37. The fourth-order valence-electron chi connectivity index (χ4n) is 4.04. The minimum absolute atomic E-state index is 0.0834. The number of amides is 1. The fourth-order valence-corrected chi connectivity index (χ4v) is 4.04. The summed E-state index contributed by atoms with van der Waals surface area (Å²) in [7, 11) is 0. The van der Waals surface area contributed by atoms with Gasteiger partial charge in [0.25, 0.3) is 5.91 Å². The SMILES string of the molecule is Cc1cc(C2CCN(C(=O)c3cc4ccccc4[nH]3)CC2)nc2ccnn12. The maximum atomic E-state index is 12.9. The molecule has 1 fully saturated rings. The zero-order chi connectivity index (χ0) is 18.4. The van der Waals surface area contributed by atoms with Gasteiger partial charge in [0, 0.05) is 47.4 Å². The quantitative estimate of drug-likeness (QED) is 0.595. The first-order valence-corrected chi connectivity index (χ1v) is 9.37. The highest BCUT2D eigenvalue weighted by Gasteiger charge is 2.26. The van der Waals surface area contributed by atoms with E-state index in [2.05, 4.69) is 23.1 Å². The molecule has 4 heterocycles. The van der Waals surface area contributed by atoms with Crippen LogP contribution in [0.2, 0.25) is 0 Å². The van der Waals surface area contributed by atoms with Gasteiger partial charge in [0.05, 0.1) is 6.20 Å². The number of fused-ring (bicyclic) bond motifs is 2. The Labute approximate surface area is 156 Å². The summed E-state index contributed by atoms with van der Waals surface area (Å²) >= 11 is 0. The highest BCUT2D eigenvalue weighted by atomic mass is 16.2. The van der Waals surface area contributed by atoms with E-state index in [0.29, 0.717) is 11.6 Å². The van der Waals surface area contributed by atoms with Gasteiger partial charge < -0.3 is 9.88 Å². The maximum Gasteiger partial charge on any atom is 0.270 e. The number of nitrogens with one attached hydrogen (secondary N) is 1. The number of rotatable bonds is 2. The largest absolute Gasteiger partial charge is 0.351 e. The smallest absolute Gasteiger partial charge is 0.270 e. The van der Waals surface area contributed by atoms with E-state index in [1.54, 1.807) is 6.20 Å². The van der Waals surface area contributed by atoms with Crippen LogP contribution in [0.5, 0.6) is 0 Å². The molecule has 1 saturated heterocycles. The number of benzene rings is 1. The van der Waals surface area contributed by atoms with Crippen molar-refractivity contribution in [2.75, 3.05) is 13.1 Å². The normalized spacial score (nSPS) is 15.7. The Balaban J connectivity index is 1.32. The standard InChI is InChI=1S/C21H21N5O/c1-14-12-18(24-20-6-9-22-26(14)20)15-7-10-25(11-8-15)21(27)19-13-16-4-2-3-5-17(16)23-19/h2-6,9,12-13,15,23H,7-8,10-11H2,1H3.